The predicted molar refractivity (Wildman–Crippen MR) is 122 cm³/mol. The monoisotopic (exact) mass is 505 g/mol. The van der Waals surface area contributed by atoms with E-state index in [4.69, 9.17) is 0 Å². The van der Waals surface area contributed by atoms with Gasteiger partial charge in [0.25, 0.3) is 0 Å². The third-order valence-electron chi connectivity index (χ3n) is 5.00. The molecule has 0 unspecified atom stereocenters. The third kappa shape index (κ3) is 6.80. The Hall–Kier alpha value is -1.41. The highest BCUT2D eigenvalue weighted by molar-refractivity contribution is 9.10. The molecule has 1 atom stereocenters. The Bertz CT molecular complexity index is 769. The first-order chi connectivity index (χ1) is 13.7. The van der Waals surface area contributed by atoms with E-state index < -0.39 is 42.7 Å². The maximum absolute atomic E-state index is 13.1. The summed E-state index contributed by atoms with van der Waals surface area (Å²) < 4.78 is 13.2. The summed E-state index contributed by atoms with van der Waals surface area (Å²) >= 11 is 3.32. The summed E-state index contributed by atoms with van der Waals surface area (Å²) in [6, 6.07) is 5.42. The number of rotatable bonds is 9. The third-order valence-corrected chi connectivity index (χ3v) is 7.63. The zero-order valence-electron chi connectivity index (χ0n) is 18.3. The fourth-order valence-electron chi connectivity index (χ4n) is 3.55. The lowest BCUT2D eigenvalue weighted by atomic mass is 9.91. The number of benzene rings is 1. The molecule has 5 N–H and O–H groups in total. The van der Waals surface area contributed by atoms with E-state index in [1.807, 2.05) is 13.8 Å². The van der Waals surface area contributed by atoms with Crippen LogP contribution in [-0.2, 0) is 9.36 Å². The molecule has 0 aliphatic rings. The van der Waals surface area contributed by atoms with Gasteiger partial charge in [-0.1, -0.05) is 57.5 Å². The summed E-state index contributed by atoms with van der Waals surface area (Å²) in [7, 11) is -4.71. The van der Waals surface area contributed by atoms with E-state index in [0.29, 0.717) is 12.1 Å². The molecule has 0 heterocycles. The first-order valence-electron chi connectivity index (χ1n) is 9.91. The molecule has 1 rings (SSSR count). The number of carbonyl (C=O) groups excluding carboxylic acids is 2. The first kappa shape index (κ1) is 26.6. The summed E-state index contributed by atoms with van der Waals surface area (Å²) in [5, 5.41) is 6.17. The van der Waals surface area contributed by atoms with Crippen LogP contribution in [0, 0.1) is 17.8 Å². The minimum atomic E-state index is -4.71. The Balaban J connectivity index is 3.08. The second-order valence-corrected chi connectivity index (χ2v) is 11.2. The number of urea groups is 1. The van der Waals surface area contributed by atoms with Crippen LogP contribution in [0.5, 0.6) is 0 Å². The normalized spacial score (nSPS) is 13.5. The predicted octanol–water partition coefficient (Wildman–Crippen LogP) is 4.29. The van der Waals surface area contributed by atoms with Crippen molar-refractivity contribution in [2.75, 3.05) is 5.32 Å². The van der Waals surface area contributed by atoms with Crippen molar-refractivity contribution in [3.8, 4) is 0 Å². The van der Waals surface area contributed by atoms with E-state index >= 15 is 0 Å². The molecule has 30 heavy (non-hydrogen) atoms. The second-order valence-electron chi connectivity index (χ2n) is 8.46. The van der Waals surface area contributed by atoms with Gasteiger partial charge in [0.2, 0.25) is 5.91 Å². The molecule has 0 radical (unpaired) electrons. The van der Waals surface area contributed by atoms with Gasteiger partial charge in [0.15, 0.2) is 0 Å². The van der Waals surface area contributed by atoms with Crippen molar-refractivity contribution in [3.63, 3.8) is 0 Å². The summed E-state index contributed by atoms with van der Waals surface area (Å²) in [5.41, 5.74) is 0.549. The summed E-state index contributed by atoms with van der Waals surface area (Å²) in [5.74, 6) is -1.62. The van der Waals surface area contributed by atoms with Crippen LogP contribution < -0.4 is 16.0 Å². The van der Waals surface area contributed by atoms with Gasteiger partial charge in [0, 0.05) is 10.2 Å². The van der Waals surface area contributed by atoms with Crippen LogP contribution in [0.2, 0.25) is 0 Å². The number of halogens is 1. The molecule has 170 valence electrons. The van der Waals surface area contributed by atoms with Crippen molar-refractivity contribution in [2.24, 2.45) is 17.8 Å². The van der Waals surface area contributed by atoms with Gasteiger partial charge in [-0.05, 0) is 48.4 Å². The van der Waals surface area contributed by atoms with Crippen molar-refractivity contribution in [1.82, 2.24) is 10.6 Å². The van der Waals surface area contributed by atoms with Crippen LogP contribution in [0.1, 0.15) is 48.0 Å². The minimum Gasteiger partial charge on any atom is -0.337 e. The van der Waals surface area contributed by atoms with Crippen molar-refractivity contribution in [2.45, 2.75) is 59.3 Å². The average Bonchev–Trinajstić information content (AvgIpc) is 2.58. The number of carbonyl (C=O) groups is 2. The van der Waals surface area contributed by atoms with Gasteiger partial charge in [-0.15, -0.1) is 0 Å². The summed E-state index contributed by atoms with van der Waals surface area (Å²) in [6.07, 6.45) is 0.313. The quantitative estimate of drug-likeness (QED) is 0.320. The number of nitrogens with one attached hydrogen (secondary N) is 3. The molecule has 0 saturated carbocycles. The lowest BCUT2D eigenvalue weighted by molar-refractivity contribution is -0.125. The summed E-state index contributed by atoms with van der Waals surface area (Å²) in [4.78, 5) is 45.7. The minimum absolute atomic E-state index is 0.0660. The lowest BCUT2D eigenvalue weighted by Crippen LogP contribution is -2.60. The molecule has 10 heteroatoms. The molecule has 1 aromatic carbocycles. The Morgan fingerprint density at radius 1 is 1.03 bits per heavy atom. The van der Waals surface area contributed by atoms with Gasteiger partial charge in [-0.25, -0.2) is 4.79 Å². The van der Waals surface area contributed by atoms with Gasteiger partial charge < -0.3 is 25.7 Å². The Kier molecular flexibility index (Phi) is 9.54. The molecular weight excluding hydrogens is 473 g/mol. The zero-order valence-corrected chi connectivity index (χ0v) is 20.8. The van der Waals surface area contributed by atoms with Gasteiger partial charge in [0.1, 0.15) is 11.3 Å². The molecule has 0 spiro atoms. The highest BCUT2D eigenvalue weighted by atomic mass is 79.9. The Morgan fingerprint density at radius 2 is 1.53 bits per heavy atom. The van der Waals surface area contributed by atoms with Crippen molar-refractivity contribution in [1.29, 1.82) is 0 Å². The first-order valence-corrected chi connectivity index (χ1v) is 12.3. The van der Waals surface area contributed by atoms with Crippen LogP contribution in [0.15, 0.2) is 28.7 Å². The standard InChI is InChI=1S/C20H33BrN3O5P/c1-12(2)11-17(23-19(26)22-16-9-7-15(21)8-10-16)18(25)24-20(13(3)4,14(5)6)30(27,28)29/h7-10,12-14,17H,11H2,1-6H3,(H,24,25)(H2,22,23,26)(H2,27,28,29)/t17-/m0/s1. The lowest BCUT2D eigenvalue weighted by Gasteiger charge is -2.42. The second kappa shape index (κ2) is 10.8. The van der Waals surface area contributed by atoms with Crippen LogP contribution in [0.4, 0.5) is 10.5 Å². The van der Waals surface area contributed by atoms with Crippen molar-refractivity contribution < 1.29 is 23.9 Å². The fraction of sp³-hybridized carbons (Fsp3) is 0.600. The highest BCUT2D eigenvalue weighted by Gasteiger charge is 2.53. The van der Waals surface area contributed by atoms with Crippen LogP contribution >= 0.6 is 23.5 Å². The smallest absolute Gasteiger partial charge is 0.337 e. The molecule has 0 aliphatic heterocycles. The van der Waals surface area contributed by atoms with E-state index in [2.05, 4.69) is 31.9 Å². The van der Waals surface area contributed by atoms with Crippen LogP contribution in [-0.4, -0.2) is 33.0 Å². The number of hydrogen-bond acceptors (Lipinski definition) is 3. The van der Waals surface area contributed by atoms with Crippen molar-refractivity contribution >= 4 is 41.2 Å². The van der Waals surface area contributed by atoms with E-state index in [0.717, 1.165) is 4.47 Å². The maximum atomic E-state index is 13.1. The fourth-order valence-corrected chi connectivity index (χ4v) is 5.41. The molecule has 3 amide bonds. The van der Waals surface area contributed by atoms with E-state index in [1.165, 1.54) is 0 Å². The van der Waals surface area contributed by atoms with Gasteiger partial charge in [-0.3, -0.25) is 9.36 Å². The van der Waals surface area contributed by atoms with E-state index in [-0.39, 0.29) is 5.92 Å². The summed E-state index contributed by atoms with van der Waals surface area (Å²) in [6.45, 7) is 10.4. The van der Waals surface area contributed by atoms with Gasteiger partial charge in [0.05, 0.1) is 0 Å². The largest absolute Gasteiger partial charge is 0.351 e. The maximum Gasteiger partial charge on any atom is 0.351 e. The molecule has 0 fully saturated rings. The molecule has 0 bridgehead atoms. The topological polar surface area (TPSA) is 128 Å². The van der Waals surface area contributed by atoms with Gasteiger partial charge in [-0.2, -0.15) is 0 Å². The Labute approximate surface area is 186 Å². The highest BCUT2D eigenvalue weighted by Crippen LogP contribution is 2.56. The van der Waals surface area contributed by atoms with E-state index in [9.17, 15) is 23.9 Å². The van der Waals surface area contributed by atoms with Crippen molar-refractivity contribution in [3.05, 3.63) is 28.7 Å². The molecule has 8 nitrogen and oxygen atoms in total. The van der Waals surface area contributed by atoms with Crippen LogP contribution in [0.25, 0.3) is 0 Å². The molecule has 0 saturated heterocycles. The molecular formula is C20H33BrN3O5P. The number of anilines is 1. The van der Waals surface area contributed by atoms with Crippen LogP contribution in [0.3, 0.4) is 0 Å². The average molecular weight is 506 g/mol. The molecule has 1 aromatic rings. The number of hydrogen-bond donors (Lipinski definition) is 5. The SMILES string of the molecule is CC(C)C[C@H](NC(=O)Nc1ccc(Br)cc1)C(=O)NC(C(C)C)(C(C)C)P(=O)(O)O. The molecule has 0 aromatic heterocycles. The number of amides is 3. The molecule has 0 aliphatic carbocycles. The van der Waals surface area contributed by atoms with Gasteiger partial charge >= 0.3 is 13.6 Å². The zero-order chi connectivity index (χ0) is 23.3. The Morgan fingerprint density at radius 3 is 1.93 bits per heavy atom. The van der Waals surface area contributed by atoms with E-state index in [1.54, 1.807) is 52.0 Å².